The second-order valence-corrected chi connectivity index (χ2v) is 13.3. The molecule has 1 spiro atoms. The zero-order valence-electron chi connectivity index (χ0n) is 28.5. The number of methoxy groups -OCH3 is 2. The van der Waals surface area contributed by atoms with Crippen LogP contribution in [0.25, 0.3) is 0 Å². The second kappa shape index (κ2) is 13.2. The number of fused-ring (bicyclic) bond motifs is 2. The number of imide groups is 1. The molecule has 9 nitrogen and oxygen atoms in total. The quantitative estimate of drug-likeness (QED) is 0.169. The predicted molar refractivity (Wildman–Crippen MR) is 187 cm³/mol. The lowest BCUT2D eigenvalue weighted by atomic mass is 9.62. The van der Waals surface area contributed by atoms with E-state index >= 15 is 4.79 Å². The number of carbonyl (C=O) groups excluding carboxylic acids is 5. The van der Waals surface area contributed by atoms with Gasteiger partial charge in [-0.2, -0.15) is 0 Å². The molecule has 50 heavy (non-hydrogen) atoms. The Morgan fingerprint density at radius 1 is 0.720 bits per heavy atom. The Bertz CT molecular complexity index is 2010. The number of hydrogen-bond acceptors (Lipinski definition) is 8. The summed E-state index contributed by atoms with van der Waals surface area (Å²) in [7, 11) is 3.04. The van der Waals surface area contributed by atoms with Gasteiger partial charge in [0.1, 0.15) is 17.1 Å². The minimum atomic E-state index is -1.85. The normalized spacial score (nSPS) is 19.5. The van der Waals surface area contributed by atoms with Crippen LogP contribution in [-0.2, 0) is 14.9 Å². The number of anilines is 1. The number of ketones is 3. The topological polar surface area (TPSA) is 116 Å². The summed E-state index contributed by atoms with van der Waals surface area (Å²) in [4.78, 5) is 73.5. The van der Waals surface area contributed by atoms with Crippen molar-refractivity contribution in [3.05, 3.63) is 137 Å². The van der Waals surface area contributed by atoms with Crippen LogP contribution in [-0.4, -0.2) is 49.2 Å². The van der Waals surface area contributed by atoms with Crippen molar-refractivity contribution in [3.8, 4) is 11.5 Å². The molecule has 1 heterocycles. The Morgan fingerprint density at radius 3 is 1.86 bits per heavy atom. The number of Topliss-reactive ketones (excluding diaryl/α,β-unsaturated/α-hetero) is 3. The van der Waals surface area contributed by atoms with Gasteiger partial charge in [0.05, 0.1) is 31.2 Å². The summed E-state index contributed by atoms with van der Waals surface area (Å²) in [6.45, 7) is 5.07. The minimum Gasteiger partial charge on any atom is -0.497 e. The van der Waals surface area contributed by atoms with E-state index in [4.69, 9.17) is 14.2 Å². The lowest BCUT2D eigenvalue weighted by molar-refractivity contribution is -0.125. The van der Waals surface area contributed by atoms with E-state index in [1.165, 1.54) is 14.2 Å². The van der Waals surface area contributed by atoms with Crippen molar-refractivity contribution in [1.29, 1.82) is 0 Å². The molecular formula is C41H37NO8. The number of para-hydroxylation sites is 1. The van der Waals surface area contributed by atoms with E-state index < -0.39 is 46.4 Å². The van der Waals surface area contributed by atoms with Crippen molar-refractivity contribution < 1.29 is 38.2 Å². The van der Waals surface area contributed by atoms with Crippen molar-refractivity contribution in [1.82, 2.24) is 0 Å². The van der Waals surface area contributed by atoms with Crippen molar-refractivity contribution >= 4 is 35.0 Å². The van der Waals surface area contributed by atoms with Crippen LogP contribution in [0.3, 0.4) is 0 Å². The minimum absolute atomic E-state index is 0.0609. The number of benzene rings is 4. The molecular weight excluding hydrogens is 634 g/mol. The van der Waals surface area contributed by atoms with Crippen molar-refractivity contribution in [2.24, 2.45) is 11.8 Å². The van der Waals surface area contributed by atoms with E-state index in [9.17, 15) is 19.2 Å². The van der Waals surface area contributed by atoms with E-state index in [1.54, 1.807) is 130 Å². The lowest BCUT2D eigenvalue weighted by Gasteiger charge is -2.36. The van der Waals surface area contributed by atoms with E-state index in [-0.39, 0.29) is 34.6 Å². The van der Waals surface area contributed by atoms with Gasteiger partial charge in [0, 0.05) is 34.6 Å². The third-order valence-electron chi connectivity index (χ3n) is 9.21. The molecule has 254 valence electrons. The number of amides is 2. The molecule has 0 saturated heterocycles. The van der Waals surface area contributed by atoms with Crippen LogP contribution in [0.4, 0.5) is 10.5 Å². The van der Waals surface area contributed by atoms with Gasteiger partial charge in [-0.1, -0.05) is 54.6 Å². The standard InChI is InChI=1S/C41H37NO8/c1-40(2,3)50-39(47)42-33-14-10-9-13-32(33)41(38(42)46)28(24-34(43)25-15-19-29(48-4)20-16-25)23-31(35(41)37(45)26-11-7-6-8-12-26)36(44)27-17-21-30(49-5)22-18-27/h6-23,28,35H,24H2,1-5H3/t28-,35+,41+/m1/s1. The number of allylic oxidation sites excluding steroid dienone is 2. The fourth-order valence-corrected chi connectivity index (χ4v) is 7.01. The number of rotatable bonds is 9. The van der Waals surface area contributed by atoms with Crippen LogP contribution in [0.2, 0.25) is 0 Å². The maximum absolute atomic E-state index is 15.2. The maximum Gasteiger partial charge on any atom is 0.421 e. The molecule has 2 aliphatic rings. The summed E-state index contributed by atoms with van der Waals surface area (Å²) in [5.74, 6) is -3.35. The van der Waals surface area contributed by atoms with Gasteiger partial charge in [-0.3, -0.25) is 19.2 Å². The molecule has 6 rings (SSSR count). The molecule has 0 radical (unpaired) electrons. The van der Waals surface area contributed by atoms with Crippen LogP contribution in [0.15, 0.2) is 115 Å². The fraction of sp³-hybridized carbons (Fsp3) is 0.244. The molecule has 0 saturated carbocycles. The highest BCUT2D eigenvalue weighted by Gasteiger charge is 2.67. The zero-order chi connectivity index (χ0) is 35.8. The molecule has 9 heteroatoms. The summed E-state index contributed by atoms with van der Waals surface area (Å²) >= 11 is 0. The summed E-state index contributed by atoms with van der Waals surface area (Å²) in [6.07, 6.45) is 0.423. The van der Waals surface area contributed by atoms with Crippen molar-refractivity contribution in [3.63, 3.8) is 0 Å². The first-order valence-corrected chi connectivity index (χ1v) is 16.2. The van der Waals surface area contributed by atoms with Crippen LogP contribution in [0.1, 0.15) is 63.8 Å². The van der Waals surface area contributed by atoms with Crippen LogP contribution >= 0.6 is 0 Å². The van der Waals surface area contributed by atoms with Crippen LogP contribution < -0.4 is 14.4 Å². The van der Waals surface area contributed by atoms with Gasteiger partial charge in [0.15, 0.2) is 17.3 Å². The monoisotopic (exact) mass is 671 g/mol. The van der Waals surface area contributed by atoms with E-state index in [2.05, 4.69) is 0 Å². The smallest absolute Gasteiger partial charge is 0.421 e. The average molecular weight is 672 g/mol. The molecule has 3 atom stereocenters. The summed E-state index contributed by atoms with van der Waals surface area (Å²) < 4.78 is 16.3. The lowest BCUT2D eigenvalue weighted by Crippen LogP contribution is -2.53. The maximum atomic E-state index is 15.2. The van der Waals surface area contributed by atoms with Gasteiger partial charge in [-0.05, 0) is 80.9 Å². The first-order chi connectivity index (χ1) is 23.9. The second-order valence-electron chi connectivity index (χ2n) is 13.3. The Balaban J connectivity index is 1.58. The first kappa shape index (κ1) is 34.0. The average Bonchev–Trinajstić information content (AvgIpc) is 3.59. The number of hydrogen-bond donors (Lipinski definition) is 0. The summed E-state index contributed by atoms with van der Waals surface area (Å²) in [5, 5.41) is 0. The van der Waals surface area contributed by atoms with Crippen LogP contribution in [0, 0.1) is 11.8 Å². The molecule has 0 bridgehead atoms. The van der Waals surface area contributed by atoms with Gasteiger partial charge in [0.25, 0.3) is 0 Å². The third kappa shape index (κ3) is 5.89. The molecule has 0 N–H and O–H groups in total. The summed E-state index contributed by atoms with van der Waals surface area (Å²) in [6, 6.07) is 28.1. The number of nitrogens with zero attached hydrogens (tertiary/aromatic N) is 1. The highest BCUT2D eigenvalue weighted by molar-refractivity contribution is 6.26. The highest BCUT2D eigenvalue weighted by atomic mass is 16.6. The van der Waals surface area contributed by atoms with Crippen molar-refractivity contribution in [2.45, 2.75) is 38.2 Å². The Labute approximate surface area is 290 Å². The molecule has 0 fully saturated rings. The van der Waals surface area contributed by atoms with Gasteiger partial charge in [-0.25, -0.2) is 9.69 Å². The van der Waals surface area contributed by atoms with Gasteiger partial charge >= 0.3 is 6.09 Å². The summed E-state index contributed by atoms with van der Waals surface area (Å²) in [5.41, 5.74) is -1.26. The van der Waals surface area contributed by atoms with Crippen LogP contribution in [0.5, 0.6) is 11.5 Å². The van der Waals surface area contributed by atoms with E-state index in [1.807, 2.05) is 0 Å². The molecule has 4 aromatic rings. The molecule has 1 aliphatic heterocycles. The molecule has 0 unspecified atom stereocenters. The fourth-order valence-electron chi connectivity index (χ4n) is 7.01. The van der Waals surface area contributed by atoms with Gasteiger partial charge < -0.3 is 14.2 Å². The zero-order valence-corrected chi connectivity index (χ0v) is 28.5. The first-order valence-electron chi connectivity index (χ1n) is 16.2. The van der Waals surface area contributed by atoms with E-state index in [0.717, 1.165) is 4.90 Å². The molecule has 2 amide bonds. The Morgan fingerprint density at radius 2 is 1.28 bits per heavy atom. The van der Waals surface area contributed by atoms with Crippen molar-refractivity contribution in [2.75, 3.05) is 19.1 Å². The predicted octanol–water partition coefficient (Wildman–Crippen LogP) is 7.43. The Kier molecular flexibility index (Phi) is 9.01. The molecule has 0 aromatic heterocycles. The Hall–Kier alpha value is -5.83. The SMILES string of the molecule is COc1ccc(C(=O)C[C@H]2C=C(C(=O)c3ccc(OC)cc3)[C@@H](C(=O)c3ccccc3)[C@]23C(=O)N(C(=O)OC(C)(C)C)c2ccccc23)cc1. The molecule has 1 aliphatic carbocycles. The highest BCUT2D eigenvalue weighted by Crippen LogP contribution is 2.59. The third-order valence-corrected chi connectivity index (χ3v) is 9.21. The number of carbonyl (C=O) groups is 5. The van der Waals surface area contributed by atoms with E-state index in [0.29, 0.717) is 22.6 Å². The molecule has 4 aromatic carbocycles. The number of ether oxygens (including phenoxy) is 3. The van der Waals surface area contributed by atoms with Gasteiger partial charge in [0.2, 0.25) is 5.91 Å². The van der Waals surface area contributed by atoms with Gasteiger partial charge in [-0.15, -0.1) is 0 Å². The largest absolute Gasteiger partial charge is 0.497 e.